The summed E-state index contributed by atoms with van der Waals surface area (Å²) in [5.74, 6) is -0.648. The molecule has 0 bridgehead atoms. The van der Waals surface area contributed by atoms with Crippen molar-refractivity contribution in [3.63, 3.8) is 0 Å². The molecule has 0 amide bonds. The number of carboxylic acid groups (broad SMARTS) is 1. The third-order valence-corrected chi connectivity index (χ3v) is 3.78. The molecule has 1 heterocycles. The second-order valence-corrected chi connectivity index (χ2v) is 5.15. The molecule has 2 aromatic rings. The molecule has 1 aliphatic heterocycles. The molecule has 2 N–H and O–H groups in total. The van der Waals surface area contributed by atoms with Crippen LogP contribution in [0.5, 0.6) is 11.5 Å². The Kier molecular flexibility index (Phi) is 3.94. The van der Waals surface area contributed by atoms with Crippen LogP contribution in [0.3, 0.4) is 0 Å². The van der Waals surface area contributed by atoms with Crippen molar-refractivity contribution >= 4 is 5.97 Å². The zero-order chi connectivity index (χ0) is 16.4. The van der Waals surface area contributed by atoms with Crippen LogP contribution in [0, 0.1) is 0 Å². The van der Waals surface area contributed by atoms with Gasteiger partial charge in [-0.05, 0) is 12.1 Å². The number of fused-ring (bicyclic) bond motifs is 1. The molecule has 0 saturated carbocycles. The smallest absolute Gasteiger partial charge is 0.344 e. The molecule has 1 aliphatic rings. The maximum Gasteiger partial charge on any atom is 0.344 e. The Morgan fingerprint density at radius 3 is 2.65 bits per heavy atom. The predicted octanol–water partition coefficient (Wildman–Crippen LogP) is 2.08. The molecule has 0 fully saturated rings. The summed E-state index contributed by atoms with van der Waals surface area (Å²) in [6.07, 6.45) is -1.12. The Morgan fingerprint density at radius 1 is 1.22 bits per heavy atom. The number of rotatable bonds is 5. The third kappa shape index (κ3) is 2.42. The van der Waals surface area contributed by atoms with E-state index in [1.54, 1.807) is 48.5 Å². The minimum absolute atomic E-state index is 0.00216. The maximum atomic E-state index is 11.8. The van der Waals surface area contributed by atoms with Crippen LogP contribution in [0.25, 0.3) is 0 Å². The zero-order valence-corrected chi connectivity index (χ0v) is 12.4. The lowest BCUT2D eigenvalue weighted by atomic mass is 9.86. The molecule has 0 saturated heterocycles. The Labute approximate surface area is 132 Å². The lowest BCUT2D eigenvalue weighted by Gasteiger charge is -2.26. The molecule has 2 atom stereocenters. The van der Waals surface area contributed by atoms with Crippen LogP contribution in [0.1, 0.15) is 17.2 Å². The van der Waals surface area contributed by atoms with Gasteiger partial charge in [0.05, 0.1) is 0 Å². The molecule has 0 radical (unpaired) electrons. The number of aliphatic carboxylic acids is 1. The lowest BCUT2D eigenvalue weighted by Crippen LogP contribution is -2.40. The van der Waals surface area contributed by atoms with Gasteiger partial charge in [-0.2, -0.15) is 0 Å². The first-order chi connectivity index (χ1) is 11.1. The summed E-state index contributed by atoms with van der Waals surface area (Å²) < 4.78 is 16.1. The van der Waals surface area contributed by atoms with Gasteiger partial charge in [0.1, 0.15) is 11.5 Å². The highest BCUT2D eigenvalue weighted by Gasteiger charge is 2.55. The molecular formula is C17H16O6. The fourth-order valence-corrected chi connectivity index (χ4v) is 2.70. The van der Waals surface area contributed by atoms with Crippen molar-refractivity contribution < 1.29 is 29.2 Å². The molecule has 2 aromatic carbocycles. The molecule has 0 aliphatic carbocycles. The van der Waals surface area contributed by atoms with Gasteiger partial charge in [-0.1, -0.05) is 36.4 Å². The highest BCUT2D eigenvalue weighted by Crippen LogP contribution is 2.50. The van der Waals surface area contributed by atoms with Gasteiger partial charge >= 0.3 is 5.97 Å². The normalized spacial score (nSPS) is 22.3. The van der Waals surface area contributed by atoms with Gasteiger partial charge < -0.3 is 24.4 Å². The molecule has 120 valence electrons. The topological polar surface area (TPSA) is 85.2 Å². The number of methoxy groups -OCH3 is 1. The maximum absolute atomic E-state index is 11.8. The lowest BCUT2D eigenvalue weighted by molar-refractivity contribution is -0.167. The van der Waals surface area contributed by atoms with Gasteiger partial charge in [0.25, 0.3) is 0 Å². The minimum atomic E-state index is -2.19. The zero-order valence-electron chi connectivity index (χ0n) is 12.4. The van der Waals surface area contributed by atoms with E-state index in [2.05, 4.69) is 0 Å². The van der Waals surface area contributed by atoms with Crippen LogP contribution in [0.4, 0.5) is 0 Å². The van der Waals surface area contributed by atoms with Crippen molar-refractivity contribution in [2.24, 2.45) is 0 Å². The average molecular weight is 316 g/mol. The molecular weight excluding hydrogens is 300 g/mol. The summed E-state index contributed by atoms with van der Waals surface area (Å²) in [6.45, 7) is 0.00216. The molecule has 0 spiro atoms. The van der Waals surface area contributed by atoms with Gasteiger partial charge in [-0.25, -0.2) is 4.79 Å². The first-order valence-electron chi connectivity index (χ1n) is 7.01. The quantitative estimate of drug-likeness (QED) is 0.822. The first kappa shape index (κ1) is 15.3. The van der Waals surface area contributed by atoms with Crippen LogP contribution in [0.15, 0.2) is 48.5 Å². The van der Waals surface area contributed by atoms with Crippen LogP contribution in [0.2, 0.25) is 0 Å². The Hall–Kier alpha value is -2.57. The Morgan fingerprint density at radius 2 is 1.91 bits per heavy atom. The molecule has 23 heavy (non-hydrogen) atoms. The molecule has 2 unspecified atom stereocenters. The van der Waals surface area contributed by atoms with E-state index in [4.69, 9.17) is 14.2 Å². The predicted molar refractivity (Wildman–Crippen MR) is 80.3 cm³/mol. The standard InChI is InChI=1S/C17H16O6/c1-21-10-22-13-8-4-2-6-11(13)15-17(20,16(18)19)12-7-3-5-9-14(12)23-15/h2-9,15,20H,10H2,1H3,(H,18,19). The Balaban J connectivity index is 2.09. The number of ether oxygens (including phenoxy) is 3. The van der Waals surface area contributed by atoms with Gasteiger partial charge in [0, 0.05) is 18.2 Å². The highest BCUT2D eigenvalue weighted by molar-refractivity contribution is 5.83. The van der Waals surface area contributed by atoms with Gasteiger partial charge in [-0.3, -0.25) is 0 Å². The molecule has 6 nitrogen and oxygen atoms in total. The second kappa shape index (κ2) is 5.91. The van der Waals surface area contributed by atoms with Gasteiger partial charge in [-0.15, -0.1) is 0 Å². The summed E-state index contributed by atoms with van der Waals surface area (Å²) in [5.41, 5.74) is -1.53. The van der Waals surface area contributed by atoms with E-state index in [1.165, 1.54) is 7.11 Å². The van der Waals surface area contributed by atoms with Crippen molar-refractivity contribution in [3.8, 4) is 11.5 Å². The van der Waals surface area contributed by atoms with Crippen molar-refractivity contribution in [2.75, 3.05) is 13.9 Å². The van der Waals surface area contributed by atoms with Crippen LogP contribution >= 0.6 is 0 Å². The van der Waals surface area contributed by atoms with E-state index < -0.39 is 17.7 Å². The van der Waals surface area contributed by atoms with E-state index in [1.807, 2.05) is 0 Å². The highest BCUT2D eigenvalue weighted by atomic mass is 16.7. The Bertz CT molecular complexity index is 729. The number of hydrogen-bond acceptors (Lipinski definition) is 5. The van der Waals surface area contributed by atoms with E-state index in [9.17, 15) is 15.0 Å². The summed E-state index contributed by atoms with van der Waals surface area (Å²) in [5, 5.41) is 20.5. The summed E-state index contributed by atoms with van der Waals surface area (Å²) in [6, 6.07) is 13.4. The van der Waals surface area contributed by atoms with Crippen molar-refractivity contribution in [2.45, 2.75) is 11.7 Å². The summed E-state index contributed by atoms with van der Waals surface area (Å²) >= 11 is 0. The first-order valence-corrected chi connectivity index (χ1v) is 7.01. The number of carboxylic acids is 1. The van der Waals surface area contributed by atoms with Crippen molar-refractivity contribution in [3.05, 3.63) is 59.7 Å². The second-order valence-electron chi connectivity index (χ2n) is 5.15. The number of hydrogen-bond donors (Lipinski definition) is 2. The molecule has 3 rings (SSSR count). The van der Waals surface area contributed by atoms with Gasteiger partial charge in [0.15, 0.2) is 12.9 Å². The van der Waals surface area contributed by atoms with Crippen molar-refractivity contribution in [1.82, 2.24) is 0 Å². The molecule has 0 aromatic heterocycles. The average Bonchev–Trinajstić information content (AvgIpc) is 2.88. The number of aliphatic hydroxyl groups is 1. The van der Waals surface area contributed by atoms with E-state index in [0.717, 1.165) is 0 Å². The number of carbonyl (C=O) groups is 1. The SMILES string of the molecule is COCOc1ccccc1C1Oc2ccccc2C1(O)C(=O)O. The van der Waals surface area contributed by atoms with Crippen LogP contribution in [-0.4, -0.2) is 30.1 Å². The minimum Gasteiger partial charge on any atom is -0.481 e. The van der Waals surface area contributed by atoms with E-state index in [0.29, 0.717) is 17.1 Å². The largest absolute Gasteiger partial charge is 0.481 e. The molecule has 6 heteroatoms. The fraction of sp³-hybridized carbons (Fsp3) is 0.235. The van der Waals surface area contributed by atoms with E-state index in [-0.39, 0.29) is 12.4 Å². The van der Waals surface area contributed by atoms with Crippen LogP contribution < -0.4 is 9.47 Å². The monoisotopic (exact) mass is 316 g/mol. The summed E-state index contributed by atoms with van der Waals surface area (Å²) in [7, 11) is 1.48. The third-order valence-electron chi connectivity index (χ3n) is 3.78. The summed E-state index contributed by atoms with van der Waals surface area (Å²) in [4.78, 5) is 11.8. The number of para-hydroxylation sites is 2. The fourth-order valence-electron chi connectivity index (χ4n) is 2.70. The van der Waals surface area contributed by atoms with Crippen LogP contribution in [-0.2, 0) is 15.1 Å². The number of benzene rings is 2. The van der Waals surface area contributed by atoms with E-state index >= 15 is 0 Å². The van der Waals surface area contributed by atoms with Crippen molar-refractivity contribution in [1.29, 1.82) is 0 Å². The van der Waals surface area contributed by atoms with Gasteiger partial charge in [0.2, 0.25) is 5.60 Å².